The number of hydrogen-bond acceptors (Lipinski definition) is 7. The molecule has 0 atom stereocenters. The van der Waals surface area contributed by atoms with Crippen LogP contribution in [0.15, 0.2) is 42.9 Å². The van der Waals surface area contributed by atoms with E-state index in [1.807, 2.05) is 43.0 Å². The van der Waals surface area contributed by atoms with Gasteiger partial charge in [-0.15, -0.1) is 0 Å². The number of benzene rings is 1. The number of anilines is 1. The molecule has 30 heavy (non-hydrogen) atoms. The number of ether oxygens (including phenoxy) is 1. The van der Waals surface area contributed by atoms with E-state index in [-0.39, 0.29) is 12.2 Å². The Morgan fingerprint density at radius 2 is 1.77 bits per heavy atom. The zero-order valence-corrected chi connectivity index (χ0v) is 16.9. The minimum Gasteiger partial charge on any atom is -0.447 e. The largest absolute Gasteiger partial charge is 0.447 e. The molecule has 0 aliphatic carbocycles. The fourth-order valence-electron chi connectivity index (χ4n) is 3.47. The summed E-state index contributed by atoms with van der Waals surface area (Å²) >= 11 is 0. The van der Waals surface area contributed by atoms with Crippen molar-refractivity contribution >= 4 is 22.9 Å². The lowest BCUT2D eigenvalue weighted by Crippen LogP contribution is -2.49. The number of aromatic nitrogens is 3. The number of nitrogens with zero attached hydrogens (tertiary/aromatic N) is 6. The lowest BCUT2D eigenvalue weighted by Gasteiger charge is -2.35. The van der Waals surface area contributed by atoms with Crippen molar-refractivity contribution in [3.05, 3.63) is 48.4 Å². The molecule has 0 bridgehead atoms. The van der Waals surface area contributed by atoms with Crippen molar-refractivity contribution < 1.29 is 9.53 Å². The van der Waals surface area contributed by atoms with Crippen LogP contribution in [0, 0.1) is 11.3 Å². The van der Waals surface area contributed by atoms with Crippen LogP contribution >= 0.6 is 0 Å². The summed E-state index contributed by atoms with van der Waals surface area (Å²) in [6.45, 7) is 5.92. The number of amides is 1. The molecular weight excluding hydrogens is 380 g/mol. The molecule has 3 heterocycles. The maximum absolute atomic E-state index is 12.1. The Balaban J connectivity index is 1.53. The van der Waals surface area contributed by atoms with Gasteiger partial charge in [-0.25, -0.2) is 9.78 Å². The molecule has 0 saturated carbocycles. The Bertz CT molecular complexity index is 1120. The molecule has 1 aliphatic rings. The molecule has 0 N–H and O–H groups in total. The topological polar surface area (TPSA) is 95.2 Å². The van der Waals surface area contributed by atoms with E-state index in [9.17, 15) is 10.1 Å². The summed E-state index contributed by atoms with van der Waals surface area (Å²) in [5.74, 6) is 0.638. The zero-order chi connectivity index (χ0) is 21.1. The van der Waals surface area contributed by atoms with Crippen molar-refractivity contribution in [1.82, 2.24) is 19.9 Å². The van der Waals surface area contributed by atoms with Crippen LogP contribution in [0.4, 0.5) is 10.6 Å². The molecule has 8 nitrogen and oxygen atoms in total. The fourth-order valence-corrected chi connectivity index (χ4v) is 3.47. The van der Waals surface area contributed by atoms with Crippen molar-refractivity contribution in [3.63, 3.8) is 0 Å². The highest BCUT2D eigenvalue weighted by atomic mass is 16.6. The van der Waals surface area contributed by atoms with Gasteiger partial charge in [-0.05, 0) is 37.6 Å². The second kappa shape index (κ2) is 8.33. The lowest BCUT2D eigenvalue weighted by molar-refractivity contribution is 0.0751. The minimum absolute atomic E-state index is 0.143. The van der Waals surface area contributed by atoms with Crippen molar-refractivity contribution in [2.75, 3.05) is 31.1 Å². The van der Waals surface area contributed by atoms with Crippen LogP contribution in [0.5, 0.6) is 0 Å². The standard InChI is InChI=1S/C22H22N6O2/c1-15(2)30-22(29)28-9-7-27(8-10-28)21-17(13-23)11-18(14-26-21)16-3-4-19-20(12-16)25-6-5-24-19/h3-6,11-12,14-15H,7-10H2,1-2H3. The van der Waals surface area contributed by atoms with Gasteiger partial charge in [-0.2, -0.15) is 5.26 Å². The fraction of sp³-hybridized carbons (Fsp3) is 0.318. The molecule has 4 rings (SSSR count). The van der Waals surface area contributed by atoms with Gasteiger partial charge in [-0.3, -0.25) is 9.97 Å². The van der Waals surface area contributed by atoms with Crippen LogP contribution in [-0.2, 0) is 4.74 Å². The first-order valence-electron chi connectivity index (χ1n) is 9.87. The summed E-state index contributed by atoms with van der Waals surface area (Å²) in [7, 11) is 0. The molecule has 0 spiro atoms. The number of fused-ring (bicyclic) bond motifs is 1. The number of piperazine rings is 1. The number of carbonyl (C=O) groups is 1. The molecule has 2 aromatic heterocycles. The van der Waals surface area contributed by atoms with E-state index >= 15 is 0 Å². The Hall–Kier alpha value is -3.73. The average molecular weight is 402 g/mol. The van der Waals surface area contributed by atoms with Crippen molar-refractivity contribution in [3.8, 4) is 17.2 Å². The predicted molar refractivity (Wildman–Crippen MR) is 113 cm³/mol. The van der Waals surface area contributed by atoms with E-state index in [1.165, 1.54) is 0 Å². The quantitative estimate of drug-likeness (QED) is 0.664. The second-order valence-corrected chi connectivity index (χ2v) is 7.37. The average Bonchev–Trinajstić information content (AvgIpc) is 2.78. The van der Waals surface area contributed by atoms with Crippen LogP contribution in [-0.4, -0.2) is 58.2 Å². The predicted octanol–water partition coefficient (Wildman–Crippen LogP) is 3.23. The van der Waals surface area contributed by atoms with Crippen molar-refractivity contribution in [2.24, 2.45) is 0 Å². The van der Waals surface area contributed by atoms with Gasteiger partial charge in [0.2, 0.25) is 0 Å². The maximum Gasteiger partial charge on any atom is 0.410 e. The zero-order valence-electron chi connectivity index (χ0n) is 16.9. The van der Waals surface area contributed by atoms with E-state index in [1.54, 1.807) is 23.5 Å². The first-order chi connectivity index (χ1) is 14.5. The maximum atomic E-state index is 12.1. The second-order valence-electron chi connectivity index (χ2n) is 7.37. The summed E-state index contributed by atoms with van der Waals surface area (Å²) < 4.78 is 5.26. The van der Waals surface area contributed by atoms with Crippen LogP contribution in [0.1, 0.15) is 19.4 Å². The van der Waals surface area contributed by atoms with E-state index in [4.69, 9.17) is 4.74 Å². The Kier molecular flexibility index (Phi) is 5.44. The number of pyridine rings is 1. The third-order valence-corrected chi connectivity index (χ3v) is 4.96. The third kappa shape index (κ3) is 4.01. The molecular formula is C22H22N6O2. The molecule has 8 heteroatoms. The van der Waals surface area contributed by atoms with Crippen LogP contribution < -0.4 is 4.90 Å². The van der Waals surface area contributed by atoms with Gasteiger partial charge in [0.15, 0.2) is 0 Å². The number of carbonyl (C=O) groups excluding carboxylic acids is 1. The molecule has 152 valence electrons. The highest BCUT2D eigenvalue weighted by Crippen LogP contribution is 2.27. The highest BCUT2D eigenvalue weighted by molar-refractivity contribution is 5.81. The molecule has 3 aromatic rings. The SMILES string of the molecule is CC(C)OC(=O)N1CCN(c2ncc(-c3ccc4nccnc4c3)cc2C#N)CC1. The summed E-state index contributed by atoms with van der Waals surface area (Å²) in [5, 5.41) is 9.71. The van der Waals surface area contributed by atoms with Gasteiger partial charge >= 0.3 is 6.09 Å². The van der Waals surface area contributed by atoms with Gasteiger partial charge in [0.05, 0.1) is 22.7 Å². The Morgan fingerprint density at radius 3 is 2.47 bits per heavy atom. The van der Waals surface area contributed by atoms with Gasteiger partial charge < -0.3 is 14.5 Å². The van der Waals surface area contributed by atoms with Gasteiger partial charge in [0, 0.05) is 50.3 Å². The molecule has 1 amide bonds. The Labute approximate surface area is 174 Å². The molecule has 1 aliphatic heterocycles. The molecule has 1 fully saturated rings. The van der Waals surface area contributed by atoms with Crippen molar-refractivity contribution in [1.29, 1.82) is 5.26 Å². The van der Waals surface area contributed by atoms with Gasteiger partial charge in [0.1, 0.15) is 11.9 Å². The lowest BCUT2D eigenvalue weighted by atomic mass is 10.0. The van der Waals surface area contributed by atoms with Gasteiger partial charge in [0.25, 0.3) is 0 Å². The third-order valence-electron chi connectivity index (χ3n) is 4.96. The molecule has 1 saturated heterocycles. The number of hydrogen-bond donors (Lipinski definition) is 0. The summed E-state index contributed by atoms with van der Waals surface area (Å²) in [4.78, 5) is 29.0. The summed E-state index contributed by atoms with van der Waals surface area (Å²) in [5.41, 5.74) is 3.90. The Morgan fingerprint density at radius 1 is 1.03 bits per heavy atom. The van der Waals surface area contributed by atoms with Crippen LogP contribution in [0.3, 0.4) is 0 Å². The molecule has 0 radical (unpaired) electrons. The highest BCUT2D eigenvalue weighted by Gasteiger charge is 2.25. The first-order valence-corrected chi connectivity index (χ1v) is 9.87. The molecule has 0 unspecified atom stereocenters. The smallest absolute Gasteiger partial charge is 0.410 e. The van der Waals surface area contributed by atoms with Crippen LogP contribution in [0.2, 0.25) is 0 Å². The monoisotopic (exact) mass is 402 g/mol. The summed E-state index contributed by atoms with van der Waals surface area (Å²) in [6.07, 6.45) is 4.65. The first kappa shape index (κ1) is 19.6. The van der Waals surface area contributed by atoms with E-state index in [2.05, 4.69) is 21.0 Å². The van der Waals surface area contributed by atoms with E-state index < -0.39 is 0 Å². The van der Waals surface area contributed by atoms with Crippen LogP contribution in [0.25, 0.3) is 22.2 Å². The molecule has 1 aromatic carbocycles. The van der Waals surface area contributed by atoms with E-state index in [0.29, 0.717) is 37.6 Å². The summed E-state index contributed by atoms with van der Waals surface area (Å²) in [6, 6.07) is 9.92. The normalized spacial score (nSPS) is 14.1. The van der Waals surface area contributed by atoms with Crippen molar-refractivity contribution in [2.45, 2.75) is 20.0 Å². The number of rotatable bonds is 3. The van der Waals surface area contributed by atoms with Gasteiger partial charge in [-0.1, -0.05) is 6.07 Å². The van der Waals surface area contributed by atoms with E-state index in [0.717, 1.165) is 22.2 Å². The number of nitriles is 1. The minimum atomic E-state index is -0.298.